The van der Waals surface area contributed by atoms with E-state index in [1.165, 1.54) is 10.4 Å². The van der Waals surface area contributed by atoms with Gasteiger partial charge in [-0.15, -0.1) is 0 Å². The number of benzene rings is 3. The van der Waals surface area contributed by atoms with Crippen molar-refractivity contribution in [3.05, 3.63) is 102 Å². The van der Waals surface area contributed by atoms with E-state index in [1.54, 1.807) is 47.3 Å². The first kappa shape index (κ1) is 26.1. The van der Waals surface area contributed by atoms with Gasteiger partial charge >= 0.3 is 0 Å². The summed E-state index contributed by atoms with van der Waals surface area (Å²) < 4.78 is 29.6. The molecule has 0 saturated carbocycles. The average molecular weight is 538 g/mol. The van der Waals surface area contributed by atoms with Crippen molar-refractivity contribution in [1.29, 1.82) is 5.26 Å². The monoisotopic (exact) mass is 537 g/mol. The van der Waals surface area contributed by atoms with Crippen LogP contribution in [0, 0.1) is 18.3 Å². The number of carbonyl (C=O) groups is 1. The number of nitrogens with one attached hydrogen (secondary N) is 1. The van der Waals surface area contributed by atoms with E-state index in [4.69, 9.17) is 5.10 Å². The van der Waals surface area contributed by atoms with Gasteiger partial charge in [0.25, 0.3) is 5.91 Å². The molecule has 0 unspecified atom stereocenters. The fourth-order valence-corrected chi connectivity index (χ4v) is 6.01. The fraction of sp³-hybridized carbons (Fsp3) is 0.167. The summed E-state index contributed by atoms with van der Waals surface area (Å²) in [6.07, 6.45) is 4.89. The summed E-state index contributed by atoms with van der Waals surface area (Å²) in [7, 11) is -3.64. The number of carbonyl (C=O) groups excluding carboxylic acids is 1. The van der Waals surface area contributed by atoms with Gasteiger partial charge in [-0.3, -0.25) is 4.79 Å². The van der Waals surface area contributed by atoms with Gasteiger partial charge in [0.05, 0.1) is 10.6 Å². The molecule has 0 spiro atoms. The number of para-hydroxylation sites is 1. The molecule has 5 rings (SSSR count). The predicted molar refractivity (Wildman–Crippen MR) is 150 cm³/mol. The number of anilines is 1. The van der Waals surface area contributed by atoms with Crippen LogP contribution in [0.1, 0.15) is 24.0 Å². The molecule has 1 fully saturated rings. The molecule has 196 valence electrons. The van der Waals surface area contributed by atoms with Gasteiger partial charge < -0.3 is 5.32 Å². The first-order chi connectivity index (χ1) is 18.8. The minimum Gasteiger partial charge on any atom is -0.321 e. The van der Waals surface area contributed by atoms with Gasteiger partial charge in [-0.25, -0.2) is 13.1 Å². The van der Waals surface area contributed by atoms with E-state index >= 15 is 0 Å². The lowest BCUT2D eigenvalue weighted by Crippen LogP contribution is -2.27. The molecule has 0 radical (unpaired) electrons. The Balaban J connectivity index is 1.56. The molecule has 39 heavy (non-hydrogen) atoms. The Labute approximate surface area is 227 Å². The lowest BCUT2D eigenvalue weighted by Gasteiger charge is -2.16. The summed E-state index contributed by atoms with van der Waals surface area (Å²) in [6, 6.07) is 25.3. The molecule has 0 aliphatic carbocycles. The third kappa shape index (κ3) is 5.67. The number of aromatic nitrogens is 2. The summed E-state index contributed by atoms with van der Waals surface area (Å²) in [4.78, 5) is 13.2. The smallest absolute Gasteiger partial charge is 0.266 e. The van der Waals surface area contributed by atoms with Gasteiger partial charge in [0.2, 0.25) is 10.0 Å². The van der Waals surface area contributed by atoms with E-state index in [9.17, 15) is 18.5 Å². The molecule has 3 aromatic carbocycles. The lowest BCUT2D eigenvalue weighted by molar-refractivity contribution is -0.112. The zero-order valence-corrected chi connectivity index (χ0v) is 22.2. The first-order valence-corrected chi connectivity index (χ1v) is 14.0. The maximum absolute atomic E-state index is 13.2. The second-order valence-electron chi connectivity index (χ2n) is 9.34. The SMILES string of the molecule is Cc1ccc(NC(=O)/C(C#N)=C\c2cn(-c3ccccc3)nc2-c2cccc(S(=O)(=O)N3CCCC3)c2)cc1. The first-order valence-electron chi connectivity index (χ1n) is 12.6. The maximum Gasteiger partial charge on any atom is 0.266 e. The van der Waals surface area contributed by atoms with Crippen molar-refractivity contribution in [3.63, 3.8) is 0 Å². The summed E-state index contributed by atoms with van der Waals surface area (Å²) in [5.74, 6) is -0.551. The van der Waals surface area contributed by atoms with Crippen molar-refractivity contribution in [2.24, 2.45) is 0 Å². The highest BCUT2D eigenvalue weighted by Gasteiger charge is 2.27. The quantitative estimate of drug-likeness (QED) is 0.258. The van der Waals surface area contributed by atoms with Gasteiger partial charge in [-0.1, -0.05) is 48.0 Å². The standard InChI is InChI=1S/C30H27N5O3S/c1-22-12-14-26(15-13-22)32-30(36)24(20-31)18-25-21-35(27-9-3-2-4-10-27)33-29(25)23-8-7-11-28(19-23)39(37,38)34-16-5-6-17-34/h2-4,7-15,18-19,21H,5-6,16-17H2,1H3,(H,32,36)/b24-18-. The zero-order chi connectivity index (χ0) is 27.4. The van der Waals surface area contributed by atoms with Gasteiger partial charge in [-0.2, -0.15) is 14.7 Å². The van der Waals surface area contributed by atoms with Crippen LogP contribution in [0.25, 0.3) is 23.0 Å². The molecule has 1 aliphatic rings. The Morgan fingerprint density at radius 2 is 1.72 bits per heavy atom. The highest BCUT2D eigenvalue weighted by Crippen LogP contribution is 2.29. The molecule has 0 atom stereocenters. The molecule has 9 heteroatoms. The number of nitrogens with zero attached hydrogens (tertiary/aromatic N) is 4. The van der Waals surface area contributed by atoms with E-state index in [0.717, 1.165) is 24.1 Å². The topological polar surface area (TPSA) is 108 Å². The zero-order valence-electron chi connectivity index (χ0n) is 21.4. The van der Waals surface area contributed by atoms with Crippen molar-refractivity contribution < 1.29 is 13.2 Å². The molecule has 1 N–H and O–H groups in total. The number of amides is 1. The average Bonchev–Trinajstić information content (AvgIpc) is 3.65. The lowest BCUT2D eigenvalue weighted by atomic mass is 10.1. The third-order valence-electron chi connectivity index (χ3n) is 6.55. The van der Waals surface area contributed by atoms with Gasteiger partial charge in [-0.05, 0) is 62.2 Å². The second-order valence-corrected chi connectivity index (χ2v) is 11.3. The Morgan fingerprint density at radius 3 is 2.41 bits per heavy atom. The van der Waals surface area contributed by atoms with Crippen molar-refractivity contribution in [2.75, 3.05) is 18.4 Å². The number of rotatable bonds is 7. The van der Waals surface area contributed by atoms with Crippen LogP contribution in [0.5, 0.6) is 0 Å². The van der Waals surface area contributed by atoms with Gasteiger partial charge in [0.15, 0.2) is 0 Å². The largest absolute Gasteiger partial charge is 0.321 e. The minimum atomic E-state index is -3.64. The maximum atomic E-state index is 13.2. The van der Waals surface area contributed by atoms with Crippen LogP contribution in [0.2, 0.25) is 0 Å². The second kappa shape index (κ2) is 11.1. The molecule has 8 nitrogen and oxygen atoms in total. The molecule has 1 aliphatic heterocycles. The molecule has 0 bridgehead atoms. The summed E-state index contributed by atoms with van der Waals surface area (Å²) in [6.45, 7) is 2.96. The molecule has 1 saturated heterocycles. The van der Waals surface area contributed by atoms with Gasteiger partial charge in [0.1, 0.15) is 17.3 Å². The van der Waals surface area contributed by atoms with Crippen LogP contribution < -0.4 is 5.32 Å². The van der Waals surface area contributed by atoms with Crippen molar-refractivity contribution in [3.8, 4) is 23.0 Å². The molecule has 2 heterocycles. The number of hydrogen-bond donors (Lipinski definition) is 1. The van der Waals surface area contributed by atoms with Crippen LogP contribution >= 0.6 is 0 Å². The molecule has 4 aromatic rings. The number of sulfonamides is 1. The molecular formula is C30H27N5O3S. The van der Waals surface area contributed by atoms with Crippen LogP contribution in [-0.4, -0.2) is 41.5 Å². The van der Waals surface area contributed by atoms with Crippen molar-refractivity contribution in [2.45, 2.75) is 24.7 Å². The van der Waals surface area contributed by atoms with E-state index < -0.39 is 15.9 Å². The number of aryl methyl sites for hydroxylation is 1. The minimum absolute atomic E-state index is 0.106. The summed E-state index contributed by atoms with van der Waals surface area (Å²) in [5, 5.41) is 17.3. The molecule has 1 amide bonds. The predicted octanol–water partition coefficient (Wildman–Crippen LogP) is 5.18. The number of nitriles is 1. The highest BCUT2D eigenvalue weighted by molar-refractivity contribution is 7.89. The van der Waals surface area contributed by atoms with Crippen molar-refractivity contribution >= 4 is 27.7 Å². The number of hydrogen-bond acceptors (Lipinski definition) is 5. The Bertz CT molecular complexity index is 1680. The molecular weight excluding hydrogens is 510 g/mol. The normalized spacial score (nSPS) is 14.2. The summed E-state index contributed by atoms with van der Waals surface area (Å²) in [5.41, 5.74) is 3.82. The van der Waals surface area contributed by atoms with E-state index in [1.807, 2.05) is 55.5 Å². The van der Waals surface area contributed by atoms with Crippen molar-refractivity contribution in [1.82, 2.24) is 14.1 Å². The van der Waals surface area contributed by atoms with Crippen LogP contribution in [0.15, 0.2) is 95.5 Å². The van der Waals surface area contributed by atoms with E-state index in [-0.39, 0.29) is 10.5 Å². The summed E-state index contributed by atoms with van der Waals surface area (Å²) >= 11 is 0. The van der Waals surface area contributed by atoms with E-state index in [2.05, 4.69) is 5.32 Å². The Hall–Kier alpha value is -4.52. The van der Waals surface area contributed by atoms with E-state index in [0.29, 0.717) is 35.6 Å². The van der Waals surface area contributed by atoms with Crippen LogP contribution in [0.4, 0.5) is 5.69 Å². The molecule has 1 aromatic heterocycles. The van der Waals surface area contributed by atoms with Crippen LogP contribution in [0.3, 0.4) is 0 Å². The third-order valence-corrected chi connectivity index (χ3v) is 8.44. The van der Waals surface area contributed by atoms with Crippen LogP contribution in [-0.2, 0) is 14.8 Å². The van der Waals surface area contributed by atoms with Gasteiger partial charge in [0, 0.05) is 36.1 Å². The Kier molecular flexibility index (Phi) is 7.41. The fourth-order valence-electron chi connectivity index (χ4n) is 4.45. The Morgan fingerprint density at radius 1 is 1.00 bits per heavy atom. The highest BCUT2D eigenvalue weighted by atomic mass is 32.2.